The molecule has 1 N–H and O–H groups in total. The van der Waals surface area contributed by atoms with Crippen LogP contribution >= 0.6 is 0 Å². The SMILES string of the molecule is CN(CCCCC(=O)O)CCCOc1ccccc1. The van der Waals surface area contributed by atoms with Gasteiger partial charge in [-0.15, -0.1) is 0 Å². The Morgan fingerprint density at radius 3 is 2.53 bits per heavy atom. The molecule has 0 fully saturated rings. The van der Waals surface area contributed by atoms with Gasteiger partial charge in [-0.2, -0.15) is 0 Å². The molecule has 0 atom stereocenters. The van der Waals surface area contributed by atoms with Crippen LogP contribution in [0.15, 0.2) is 30.3 Å². The number of aliphatic carboxylic acids is 1. The average molecular weight is 265 g/mol. The number of carboxylic acid groups (broad SMARTS) is 1. The van der Waals surface area contributed by atoms with E-state index < -0.39 is 5.97 Å². The maximum absolute atomic E-state index is 10.4. The summed E-state index contributed by atoms with van der Waals surface area (Å²) in [6.07, 6.45) is 2.93. The van der Waals surface area contributed by atoms with Crippen LogP contribution in [0.5, 0.6) is 5.75 Å². The fraction of sp³-hybridized carbons (Fsp3) is 0.533. The maximum atomic E-state index is 10.4. The first-order valence-corrected chi connectivity index (χ1v) is 6.76. The molecule has 106 valence electrons. The molecule has 0 saturated carbocycles. The number of hydrogen-bond donors (Lipinski definition) is 1. The van der Waals surface area contributed by atoms with Crippen molar-refractivity contribution in [3.8, 4) is 5.75 Å². The molecule has 0 unspecified atom stereocenters. The number of nitrogens with zero attached hydrogens (tertiary/aromatic N) is 1. The van der Waals surface area contributed by atoms with Crippen LogP contribution < -0.4 is 4.74 Å². The number of ether oxygens (including phenoxy) is 1. The molecule has 0 saturated heterocycles. The zero-order valence-electron chi connectivity index (χ0n) is 11.5. The quantitative estimate of drug-likeness (QED) is 0.661. The first-order valence-electron chi connectivity index (χ1n) is 6.76. The van der Waals surface area contributed by atoms with Crippen LogP contribution in [0.4, 0.5) is 0 Å². The Bertz CT molecular complexity index is 354. The van der Waals surface area contributed by atoms with Gasteiger partial charge in [-0.3, -0.25) is 4.79 Å². The third-order valence-corrected chi connectivity index (χ3v) is 2.88. The fourth-order valence-corrected chi connectivity index (χ4v) is 1.81. The number of carbonyl (C=O) groups is 1. The van der Waals surface area contributed by atoms with Crippen LogP contribution in [-0.4, -0.2) is 42.7 Å². The molecule has 0 aliphatic rings. The van der Waals surface area contributed by atoms with E-state index in [4.69, 9.17) is 9.84 Å². The second-order valence-electron chi connectivity index (χ2n) is 4.67. The van der Waals surface area contributed by atoms with E-state index in [9.17, 15) is 4.79 Å². The summed E-state index contributed by atoms with van der Waals surface area (Å²) in [4.78, 5) is 12.6. The van der Waals surface area contributed by atoms with Crippen molar-refractivity contribution in [3.63, 3.8) is 0 Å². The number of hydrogen-bond acceptors (Lipinski definition) is 3. The lowest BCUT2D eigenvalue weighted by atomic mass is 10.2. The van der Waals surface area contributed by atoms with Crippen LogP contribution in [0.25, 0.3) is 0 Å². The standard InChI is InChI=1S/C15H23NO3/c1-16(11-6-5-10-15(17)18)12-7-13-19-14-8-3-2-4-9-14/h2-4,8-9H,5-7,10-13H2,1H3,(H,17,18). The van der Waals surface area contributed by atoms with Crippen molar-refractivity contribution < 1.29 is 14.6 Å². The highest BCUT2D eigenvalue weighted by molar-refractivity contribution is 5.66. The molecule has 4 heteroatoms. The molecule has 0 spiro atoms. The van der Waals surface area contributed by atoms with Gasteiger partial charge in [0.1, 0.15) is 5.75 Å². The summed E-state index contributed by atoms with van der Waals surface area (Å²) in [7, 11) is 2.06. The van der Waals surface area contributed by atoms with Crippen molar-refractivity contribution in [3.05, 3.63) is 30.3 Å². The minimum Gasteiger partial charge on any atom is -0.494 e. The molecule has 0 bridgehead atoms. The predicted molar refractivity (Wildman–Crippen MR) is 75.5 cm³/mol. The predicted octanol–water partition coefficient (Wildman–Crippen LogP) is 2.64. The van der Waals surface area contributed by atoms with E-state index in [1.807, 2.05) is 30.3 Å². The molecule has 0 radical (unpaired) electrons. The first-order chi connectivity index (χ1) is 9.18. The second-order valence-corrected chi connectivity index (χ2v) is 4.67. The summed E-state index contributed by atoms with van der Waals surface area (Å²) in [5.41, 5.74) is 0. The van der Waals surface area contributed by atoms with E-state index in [0.717, 1.165) is 38.1 Å². The van der Waals surface area contributed by atoms with Gasteiger partial charge in [0.05, 0.1) is 6.61 Å². The lowest BCUT2D eigenvalue weighted by molar-refractivity contribution is -0.137. The highest BCUT2D eigenvalue weighted by Crippen LogP contribution is 2.08. The van der Waals surface area contributed by atoms with E-state index in [1.165, 1.54) is 0 Å². The maximum Gasteiger partial charge on any atom is 0.303 e. The topological polar surface area (TPSA) is 49.8 Å². The highest BCUT2D eigenvalue weighted by atomic mass is 16.5. The summed E-state index contributed by atoms with van der Waals surface area (Å²) in [5, 5.41) is 8.53. The summed E-state index contributed by atoms with van der Waals surface area (Å²) < 4.78 is 5.61. The lowest BCUT2D eigenvalue weighted by Crippen LogP contribution is -2.22. The molecular weight excluding hydrogens is 242 g/mol. The zero-order chi connectivity index (χ0) is 13.9. The summed E-state index contributed by atoms with van der Waals surface area (Å²) >= 11 is 0. The van der Waals surface area contributed by atoms with Gasteiger partial charge in [0.25, 0.3) is 0 Å². The van der Waals surface area contributed by atoms with E-state index in [0.29, 0.717) is 6.61 Å². The number of para-hydroxylation sites is 1. The Hall–Kier alpha value is -1.55. The zero-order valence-corrected chi connectivity index (χ0v) is 11.5. The number of carboxylic acids is 1. The number of rotatable bonds is 10. The van der Waals surface area contributed by atoms with Gasteiger partial charge < -0.3 is 14.7 Å². The molecule has 1 rings (SSSR count). The van der Waals surface area contributed by atoms with Gasteiger partial charge in [-0.25, -0.2) is 0 Å². The van der Waals surface area contributed by atoms with Gasteiger partial charge in [-0.05, 0) is 45.0 Å². The number of benzene rings is 1. The Morgan fingerprint density at radius 1 is 1.16 bits per heavy atom. The van der Waals surface area contributed by atoms with E-state index in [-0.39, 0.29) is 6.42 Å². The van der Waals surface area contributed by atoms with Crippen LogP contribution in [0.3, 0.4) is 0 Å². The van der Waals surface area contributed by atoms with Crippen LogP contribution in [0.1, 0.15) is 25.7 Å². The van der Waals surface area contributed by atoms with E-state index >= 15 is 0 Å². The van der Waals surface area contributed by atoms with Gasteiger partial charge >= 0.3 is 5.97 Å². The Morgan fingerprint density at radius 2 is 1.84 bits per heavy atom. The molecule has 1 aromatic carbocycles. The van der Waals surface area contributed by atoms with Crippen LogP contribution in [0.2, 0.25) is 0 Å². The molecule has 0 amide bonds. The monoisotopic (exact) mass is 265 g/mol. The smallest absolute Gasteiger partial charge is 0.303 e. The molecule has 0 aromatic heterocycles. The lowest BCUT2D eigenvalue weighted by Gasteiger charge is -2.16. The van der Waals surface area contributed by atoms with Crippen molar-refractivity contribution in [2.24, 2.45) is 0 Å². The van der Waals surface area contributed by atoms with E-state index in [2.05, 4.69) is 11.9 Å². The van der Waals surface area contributed by atoms with Crippen LogP contribution in [-0.2, 0) is 4.79 Å². The molecule has 1 aromatic rings. The molecule has 0 aliphatic carbocycles. The molecule has 0 aliphatic heterocycles. The van der Waals surface area contributed by atoms with Crippen molar-refractivity contribution in [2.45, 2.75) is 25.7 Å². The third-order valence-electron chi connectivity index (χ3n) is 2.88. The van der Waals surface area contributed by atoms with Crippen molar-refractivity contribution >= 4 is 5.97 Å². The molecule has 4 nitrogen and oxygen atoms in total. The largest absolute Gasteiger partial charge is 0.494 e. The van der Waals surface area contributed by atoms with Gasteiger partial charge in [0.2, 0.25) is 0 Å². The summed E-state index contributed by atoms with van der Waals surface area (Å²) in [6.45, 7) is 2.63. The summed E-state index contributed by atoms with van der Waals surface area (Å²) in [6, 6.07) is 9.80. The minimum atomic E-state index is -0.709. The van der Waals surface area contributed by atoms with Gasteiger partial charge in [-0.1, -0.05) is 18.2 Å². The number of unbranched alkanes of at least 4 members (excludes halogenated alkanes) is 1. The third kappa shape index (κ3) is 8.21. The molecule has 19 heavy (non-hydrogen) atoms. The average Bonchev–Trinajstić information content (AvgIpc) is 2.41. The van der Waals surface area contributed by atoms with Crippen molar-refractivity contribution in [2.75, 3.05) is 26.7 Å². The van der Waals surface area contributed by atoms with Gasteiger partial charge in [0.15, 0.2) is 0 Å². The molecule has 0 heterocycles. The summed E-state index contributed by atoms with van der Waals surface area (Å²) in [5.74, 6) is 0.200. The van der Waals surface area contributed by atoms with Crippen molar-refractivity contribution in [1.82, 2.24) is 4.90 Å². The van der Waals surface area contributed by atoms with Gasteiger partial charge in [0, 0.05) is 13.0 Å². The van der Waals surface area contributed by atoms with E-state index in [1.54, 1.807) is 0 Å². The normalized spacial score (nSPS) is 10.6. The first kappa shape index (κ1) is 15.5. The fourth-order valence-electron chi connectivity index (χ4n) is 1.81. The Labute approximate surface area is 115 Å². The Balaban J connectivity index is 1.98. The second kappa shape index (κ2) is 9.39. The Kier molecular flexibility index (Phi) is 7.66. The minimum absolute atomic E-state index is 0.269. The highest BCUT2D eigenvalue weighted by Gasteiger charge is 2.01. The van der Waals surface area contributed by atoms with Crippen LogP contribution in [0, 0.1) is 0 Å². The van der Waals surface area contributed by atoms with Crippen molar-refractivity contribution in [1.29, 1.82) is 0 Å². The molecular formula is C15H23NO3.